The molecule has 0 amide bonds. The predicted octanol–water partition coefficient (Wildman–Crippen LogP) is 3.24. The van der Waals surface area contributed by atoms with Crippen molar-refractivity contribution in [2.75, 3.05) is 26.2 Å². The molecule has 0 unspecified atom stereocenters. The van der Waals surface area contributed by atoms with Gasteiger partial charge in [0.1, 0.15) is 0 Å². The molecule has 0 spiro atoms. The van der Waals surface area contributed by atoms with E-state index >= 15 is 0 Å². The summed E-state index contributed by atoms with van der Waals surface area (Å²) in [6.45, 7) is 3.45. The normalized spacial score (nSPS) is 17.8. The van der Waals surface area contributed by atoms with Gasteiger partial charge in [-0.3, -0.25) is 4.90 Å². The first-order chi connectivity index (χ1) is 10.2. The van der Waals surface area contributed by atoms with Gasteiger partial charge < -0.3 is 10.4 Å². The number of hydrogen-bond acceptors (Lipinski definition) is 4. The van der Waals surface area contributed by atoms with Crippen molar-refractivity contribution in [3.05, 3.63) is 50.9 Å². The summed E-state index contributed by atoms with van der Waals surface area (Å²) in [4.78, 5) is 3.26. The Morgan fingerprint density at radius 1 is 1.24 bits per heavy atom. The van der Waals surface area contributed by atoms with Gasteiger partial charge in [0.15, 0.2) is 11.6 Å². The lowest BCUT2D eigenvalue weighted by Gasteiger charge is -2.35. The summed E-state index contributed by atoms with van der Waals surface area (Å²) >= 11 is 7.52. The highest BCUT2D eigenvalue weighted by Crippen LogP contribution is 2.39. The van der Waals surface area contributed by atoms with Crippen LogP contribution in [0.25, 0.3) is 0 Å². The predicted molar refractivity (Wildman–Crippen MR) is 83.7 cm³/mol. The van der Waals surface area contributed by atoms with Crippen LogP contribution < -0.4 is 5.32 Å². The van der Waals surface area contributed by atoms with Crippen LogP contribution in [0.15, 0.2) is 30.3 Å². The van der Waals surface area contributed by atoms with Crippen LogP contribution in [0.5, 0.6) is 5.75 Å². The second-order valence-electron chi connectivity index (χ2n) is 5.01. The van der Waals surface area contributed by atoms with Gasteiger partial charge in [-0.2, -0.15) is 0 Å². The summed E-state index contributed by atoms with van der Waals surface area (Å²) < 4.78 is 14.4. The van der Waals surface area contributed by atoms with Crippen LogP contribution in [0.3, 0.4) is 0 Å². The van der Waals surface area contributed by atoms with Crippen molar-refractivity contribution in [2.24, 2.45) is 0 Å². The number of phenols is 1. The largest absolute Gasteiger partial charge is 0.505 e. The fourth-order valence-corrected chi connectivity index (χ4v) is 3.91. The fraction of sp³-hybridized carbons (Fsp3) is 0.333. The molecule has 0 radical (unpaired) electrons. The highest BCUT2D eigenvalue weighted by molar-refractivity contribution is 7.16. The van der Waals surface area contributed by atoms with Crippen molar-refractivity contribution in [3.8, 4) is 5.75 Å². The second kappa shape index (κ2) is 6.32. The summed E-state index contributed by atoms with van der Waals surface area (Å²) in [7, 11) is 0. The Hall–Kier alpha value is -1.14. The molecule has 0 saturated carbocycles. The van der Waals surface area contributed by atoms with Crippen molar-refractivity contribution < 1.29 is 9.50 Å². The molecule has 2 N–H and O–H groups in total. The van der Waals surface area contributed by atoms with E-state index in [0.717, 1.165) is 31.1 Å². The van der Waals surface area contributed by atoms with Gasteiger partial charge in [-0.05, 0) is 18.2 Å². The highest BCUT2D eigenvalue weighted by Gasteiger charge is 2.28. The third-order valence-electron chi connectivity index (χ3n) is 3.69. The van der Waals surface area contributed by atoms with E-state index in [0.29, 0.717) is 9.90 Å². The van der Waals surface area contributed by atoms with E-state index in [4.69, 9.17) is 11.6 Å². The Morgan fingerprint density at radius 2 is 2.00 bits per heavy atom. The number of benzene rings is 1. The highest BCUT2D eigenvalue weighted by atomic mass is 35.5. The van der Waals surface area contributed by atoms with E-state index in [9.17, 15) is 9.50 Å². The lowest BCUT2D eigenvalue weighted by atomic mass is 10.0. The summed E-state index contributed by atoms with van der Waals surface area (Å²) in [5, 5.41) is 13.4. The molecule has 2 heterocycles. The van der Waals surface area contributed by atoms with Crippen LogP contribution in [0.1, 0.15) is 16.5 Å². The maximum atomic E-state index is 13.7. The Kier molecular flexibility index (Phi) is 4.45. The standard InChI is InChI=1S/C15H16ClFN2OS/c16-13-5-4-12(21-13)14(19-8-6-18-7-9-19)10-2-1-3-11(17)15(10)20/h1-5,14,18,20H,6-9H2/t14-/m1/s1. The second-order valence-corrected chi connectivity index (χ2v) is 6.75. The van der Waals surface area contributed by atoms with Crippen molar-refractivity contribution >= 4 is 22.9 Å². The Labute approximate surface area is 132 Å². The maximum Gasteiger partial charge on any atom is 0.165 e. The summed E-state index contributed by atoms with van der Waals surface area (Å²) in [5.74, 6) is -0.860. The van der Waals surface area contributed by atoms with Gasteiger partial charge in [-0.25, -0.2) is 4.39 Å². The first-order valence-corrected chi connectivity index (χ1v) is 8.03. The van der Waals surface area contributed by atoms with Gasteiger partial charge in [0, 0.05) is 36.6 Å². The lowest BCUT2D eigenvalue weighted by molar-refractivity contribution is 0.197. The minimum atomic E-state index is -0.588. The van der Waals surface area contributed by atoms with Crippen molar-refractivity contribution in [1.82, 2.24) is 10.2 Å². The SMILES string of the molecule is Oc1c(F)cccc1[C@H](c1ccc(Cl)s1)N1CCNCC1. The number of nitrogens with zero attached hydrogens (tertiary/aromatic N) is 1. The van der Waals surface area contributed by atoms with Crippen molar-refractivity contribution in [3.63, 3.8) is 0 Å². The molecule has 1 fully saturated rings. The minimum Gasteiger partial charge on any atom is -0.505 e. The first kappa shape index (κ1) is 14.8. The molecule has 0 bridgehead atoms. The van der Waals surface area contributed by atoms with Crippen LogP contribution in [-0.4, -0.2) is 36.2 Å². The van der Waals surface area contributed by atoms with Gasteiger partial charge >= 0.3 is 0 Å². The van der Waals surface area contributed by atoms with Crippen molar-refractivity contribution in [2.45, 2.75) is 6.04 Å². The van der Waals surface area contributed by atoms with Gasteiger partial charge in [-0.15, -0.1) is 11.3 Å². The van der Waals surface area contributed by atoms with E-state index in [1.54, 1.807) is 12.1 Å². The summed E-state index contributed by atoms with van der Waals surface area (Å²) in [6.07, 6.45) is 0. The Balaban J connectivity index is 2.04. The summed E-state index contributed by atoms with van der Waals surface area (Å²) in [5.41, 5.74) is 0.593. The number of rotatable bonds is 3. The topological polar surface area (TPSA) is 35.5 Å². The Bertz CT molecular complexity index is 628. The van der Waals surface area contributed by atoms with Crippen LogP contribution in [0.2, 0.25) is 4.34 Å². The van der Waals surface area contributed by atoms with E-state index < -0.39 is 5.82 Å². The number of para-hydroxylation sites is 1. The van der Waals surface area contributed by atoms with E-state index in [1.807, 2.05) is 12.1 Å². The van der Waals surface area contributed by atoms with Crippen molar-refractivity contribution in [1.29, 1.82) is 0 Å². The average molecular weight is 327 g/mol. The molecule has 112 valence electrons. The number of nitrogens with one attached hydrogen (secondary N) is 1. The minimum absolute atomic E-state index is 0.166. The molecular formula is C15H16ClFN2OS. The number of phenolic OH excluding ortho intramolecular Hbond substituents is 1. The monoisotopic (exact) mass is 326 g/mol. The number of piperazine rings is 1. The van der Waals surface area contributed by atoms with E-state index in [1.165, 1.54) is 17.4 Å². The average Bonchev–Trinajstić information content (AvgIpc) is 2.91. The molecule has 21 heavy (non-hydrogen) atoms. The van der Waals surface area contributed by atoms with Crippen LogP contribution in [0, 0.1) is 5.82 Å². The first-order valence-electron chi connectivity index (χ1n) is 6.84. The molecule has 0 aliphatic carbocycles. The van der Waals surface area contributed by atoms with Crippen LogP contribution >= 0.6 is 22.9 Å². The zero-order valence-corrected chi connectivity index (χ0v) is 12.9. The molecular weight excluding hydrogens is 311 g/mol. The van der Waals surface area contributed by atoms with Gasteiger partial charge in [0.25, 0.3) is 0 Å². The molecule has 3 rings (SSSR count). The third-order valence-corrected chi connectivity index (χ3v) is 4.98. The van der Waals surface area contributed by atoms with Gasteiger partial charge in [0.2, 0.25) is 0 Å². The number of thiophene rings is 1. The molecule has 6 heteroatoms. The molecule has 1 aliphatic heterocycles. The zero-order chi connectivity index (χ0) is 14.8. The number of aromatic hydroxyl groups is 1. The molecule has 1 aromatic carbocycles. The maximum absolute atomic E-state index is 13.7. The smallest absolute Gasteiger partial charge is 0.165 e. The fourth-order valence-electron chi connectivity index (χ4n) is 2.70. The number of halogens is 2. The van der Waals surface area contributed by atoms with E-state index in [2.05, 4.69) is 10.2 Å². The lowest BCUT2D eigenvalue weighted by Crippen LogP contribution is -2.45. The quantitative estimate of drug-likeness (QED) is 0.909. The molecule has 1 aromatic heterocycles. The third kappa shape index (κ3) is 3.06. The summed E-state index contributed by atoms with van der Waals surface area (Å²) in [6, 6.07) is 8.31. The molecule has 3 nitrogen and oxygen atoms in total. The Morgan fingerprint density at radius 3 is 2.67 bits per heavy atom. The molecule has 1 atom stereocenters. The molecule has 2 aromatic rings. The number of hydrogen-bond donors (Lipinski definition) is 2. The zero-order valence-electron chi connectivity index (χ0n) is 11.4. The molecule has 1 saturated heterocycles. The van der Waals surface area contributed by atoms with Gasteiger partial charge in [0.05, 0.1) is 10.4 Å². The van der Waals surface area contributed by atoms with Crippen LogP contribution in [-0.2, 0) is 0 Å². The molecule has 1 aliphatic rings. The van der Waals surface area contributed by atoms with Gasteiger partial charge in [-0.1, -0.05) is 23.7 Å². The van der Waals surface area contributed by atoms with E-state index in [-0.39, 0.29) is 11.8 Å². The van der Waals surface area contributed by atoms with Crippen LogP contribution in [0.4, 0.5) is 4.39 Å².